The van der Waals surface area contributed by atoms with Crippen LogP contribution in [0.3, 0.4) is 0 Å². The van der Waals surface area contributed by atoms with Crippen molar-refractivity contribution >= 4 is 20.0 Å². The van der Waals surface area contributed by atoms with Gasteiger partial charge in [-0.25, -0.2) is 25.4 Å². The zero-order valence-electron chi connectivity index (χ0n) is 33.7. The van der Waals surface area contributed by atoms with Gasteiger partial charge in [-0.1, -0.05) is 117 Å². The largest absolute Gasteiger partial charge is 0.235 e. The third-order valence-corrected chi connectivity index (χ3v) is 16.9. The molecule has 0 radical (unpaired) electrons. The molecule has 304 valence electrons. The lowest BCUT2D eigenvalue weighted by Gasteiger charge is -2.39. The summed E-state index contributed by atoms with van der Waals surface area (Å²) in [5, 5.41) is 35.2. The van der Waals surface area contributed by atoms with Gasteiger partial charge in [0, 0.05) is 51.9 Å². The van der Waals surface area contributed by atoms with Crippen LogP contribution in [0.4, 0.5) is 0 Å². The van der Waals surface area contributed by atoms with Crippen molar-refractivity contribution in [3.63, 3.8) is 0 Å². The number of hydrogen-bond donors (Lipinski definition) is 0. The van der Waals surface area contributed by atoms with Gasteiger partial charge in [0.25, 0.3) is 0 Å². The number of rotatable bonds is 38. The second-order valence-corrected chi connectivity index (χ2v) is 19.3. The summed E-state index contributed by atoms with van der Waals surface area (Å²) in [6.45, 7) is 4.63. The Balaban J connectivity index is 6.04. The lowest BCUT2D eigenvalue weighted by molar-refractivity contribution is 0.351. The zero-order chi connectivity index (χ0) is 39.5. The van der Waals surface area contributed by atoms with Crippen LogP contribution >= 0.6 is 0 Å². The Morgan fingerprint density at radius 3 is 0.736 bits per heavy atom. The molecule has 0 amide bonds. The van der Waals surface area contributed by atoms with Gasteiger partial charge in [-0.3, -0.25) is 0 Å². The first kappa shape index (κ1) is 50.8. The second kappa shape index (κ2) is 33.1. The maximum absolute atomic E-state index is 14.9. The third-order valence-electron chi connectivity index (χ3n) is 10.5. The minimum Gasteiger partial charge on any atom is -0.210 e. The van der Waals surface area contributed by atoms with Gasteiger partial charge < -0.3 is 0 Å². The van der Waals surface area contributed by atoms with Crippen LogP contribution in [0.5, 0.6) is 0 Å². The quantitative estimate of drug-likeness (QED) is 0.0557. The summed E-state index contributed by atoms with van der Waals surface area (Å²) in [5.41, 5.74) is 0. The fourth-order valence-corrected chi connectivity index (χ4v) is 12.7. The Kier molecular flexibility index (Phi) is 31.8. The average molecular weight is 779 g/mol. The fraction of sp³-hybridized carbons (Fsp3) is 0.902. The number of sulfonamides is 2. The van der Waals surface area contributed by atoms with E-state index in [-0.39, 0.29) is 12.8 Å². The van der Waals surface area contributed by atoms with Gasteiger partial charge in [0.05, 0.1) is 24.3 Å². The van der Waals surface area contributed by atoms with Crippen molar-refractivity contribution in [2.75, 3.05) is 26.2 Å². The summed E-state index contributed by atoms with van der Waals surface area (Å²) >= 11 is 0. The lowest BCUT2D eigenvalue weighted by atomic mass is 10.1. The molecular weight excluding hydrogens is 705 g/mol. The maximum Gasteiger partial charge on any atom is 0.235 e. The molecule has 53 heavy (non-hydrogen) atoms. The van der Waals surface area contributed by atoms with E-state index in [1.165, 1.54) is 8.61 Å². The topological polar surface area (TPSA) is 170 Å². The van der Waals surface area contributed by atoms with Crippen molar-refractivity contribution in [3.05, 3.63) is 0 Å². The Morgan fingerprint density at radius 1 is 0.358 bits per heavy atom. The monoisotopic (exact) mass is 779 g/mol. The Labute approximate surface area is 326 Å². The van der Waals surface area contributed by atoms with Crippen molar-refractivity contribution in [3.8, 4) is 24.3 Å². The lowest BCUT2D eigenvalue weighted by Crippen LogP contribution is -2.58. The summed E-state index contributed by atoms with van der Waals surface area (Å²) < 4.78 is 60.5. The van der Waals surface area contributed by atoms with E-state index in [0.717, 1.165) is 128 Å². The zero-order valence-corrected chi connectivity index (χ0v) is 35.3. The molecule has 0 aromatic carbocycles. The van der Waals surface area contributed by atoms with Crippen molar-refractivity contribution in [1.29, 1.82) is 21.0 Å². The van der Waals surface area contributed by atoms with Crippen molar-refractivity contribution in [2.45, 2.75) is 211 Å². The molecule has 0 aliphatic rings. The van der Waals surface area contributed by atoms with Gasteiger partial charge in [0.1, 0.15) is 0 Å². The summed E-state index contributed by atoms with van der Waals surface area (Å²) in [5.74, 6) is 0. The molecule has 0 saturated heterocycles. The molecule has 0 atom stereocenters. The molecule has 0 N–H and O–H groups in total. The third kappa shape index (κ3) is 20.9. The van der Waals surface area contributed by atoms with Crippen LogP contribution in [0.1, 0.15) is 206 Å². The summed E-state index contributed by atoms with van der Waals surface area (Å²) in [6, 6.07) is 8.72. The van der Waals surface area contributed by atoms with E-state index >= 15 is 0 Å². The highest BCUT2D eigenvalue weighted by Crippen LogP contribution is 2.38. The molecule has 10 nitrogen and oxygen atoms in total. The van der Waals surface area contributed by atoms with Gasteiger partial charge in [0.15, 0.2) is 0 Å². The Morgan fingerprint density at radius 2 is 0.547 bits per heavy atom. The molecule has 0 aliphatic heterocycles. The highest BCUT2D eigenvalue weighted by atomic mass is 32.3. The number of nitrogens with zero attached hydrogens (tertiary/aromatic N) is 6. The Bertz CT molecular complexity index is 1140. The van der Waals surface area contributed by atoms with E-state index < -0.39 is 24.1 Å². The molecule has 0 aliphatic carbocycles. The van der Waals surface area contributed by atoms with E-state index in [2.05, 4.69) is 24.3 Å². The average Bonchev–Trinajstić information content (AvgIpc) is 3.14. The predicted molar refractivity (Wildman–Crippen MR) is 216 cm³/mol. The Hall–Kier alpha value is -2.22. The van der Waals surface area contributed by atoms with Gasteiger partial charge in [0.2, 0.25) is 24.1 Å². The minimum atomic E-state index is -4.25. The highest BCUT2D eigenvalue weighted by molar-refractivity contribution is 8.08. The van der Waals surface area contributed by atoms with E-state index in [1.54, 1.807) is 13.8 Å². The molecule has 0 unspecified atom stereocenters. The van der Waals surface area contributed by atoms with E-state index in [9.17, 15) is 16.8 Å². The first-order chi connectivity index (χ1) is 25.7. The normalized spacial score (nSPS) is 12.1. The molecule has 0 spiro atoms. The number of unbranched alkanes of at least 4 members (excludes halogenated alkanes) is 24. The molecule has 0 bridgehead atoms. The second-order valence-electron chi connectivity index (χ2n) is 14.5. The van der Waals surface area contributed by atoms with Gasteiger partial charge in [-0.2, -0.15) is 21.0 Å². The van der Waals surface area contributed by atoms with Crippen LogP contribution in [0.25, 0.3) is 0 Å². The predicted octanol–water partition coefficient (Wildman–Crippen LogP) is 10.8. The molecule has 0 rings (SSSR count). The molecule has 0 saturated carbocycles. The first-order valence-corrected chi connectivity index (χ1v) is 24.0. The molecule has 0 aromatic rings. The first-order valence-electron chi connectivity index (χ1n) is 21.1. The van der Waals surface area contributed by atoms with Crippen molar-refractivity contribution in [1.82, 2.24) is 8.61 Å². The minimum absolute atomic E-state index is 0.0171. The van der Waals surface area contributed by atoms with E-state index in [4.69, 9.17) is 21.0 Å². The van der Waals surface area contributed by atoms with Crippen LogP contribution in [-0.4, -0.2) is 55.7 Å². The van der Waals surface area contributed by atoms with E-state index in [1.807, 2.05) is 0 Å². The van der Waals surface area contributed by atoms with Crippen LogP contribution in [0.15, 0.2) is 0 Å². The number of nitriles is 4. The van der Waals surface area contributed by atoms with E-state index in [0.29, 0.717) is 77.5 Å². The standard InChI is InChI=1S/C41H74N6O4S2/c1-3-41(4-2,52(48,49)46(37-29-21-13-5-9-17-25-33-42)38-30-22-14-6-10-18-26-34-43)53(50,51)47(39-31-23-15-7-11-19-27-35-44)40-32-24-16-8-12-20-28-36-45/h3-32,37-40H2,1-2H3. The van der Waals surface area contributed by atoms with Crippen molar-refractivity contribution in [2.24, 2.45) is 0 Å². The van der Waals surface area contributed by atoms with Gasteiger partial charge >= 0.3 is 0 Å². The van der Waals surface area contributed by atoms with Crippen LogP contribution in [0, 0.1) is 45.3 Å². The molecule has 0 fully saturated rings. The molecule has 0 heterocycles. The SMILES string of the molecule is CCC(CC)(S(=O)(=O)N(CCCCCCCCC#N)CCCCCCCCC#N)S(=O)(=O)N(CCCCCCCCC#N)CCCCCCCCC#N. The van der Waals surface area contributed by atoms with Crippen molar-refractivity contribution < 1.29 is 16.8 Å². The van der Waals surface area contributed by atoms with Gasteiger partial charge in [-0.15, -0.1) is 0 Å². The molecule has 0 aromatic heterocycles. The summed E-state index contributed by atoms with van der Waals surface area (Å²) in [6.07, 6.45) is 23.5. The van der Waals surface area contributed by atoms with Gasteiger partial charge in [-0.05, 0) is 64.2 Å². The summed E-state index contributed by atoms with van der Waals surface area (Å²) in [4.78, 5) is 0. The highest BCUT2D eigenvalue weighted by Gasteiger charge is 2.56. The summed E-state index contributed by atoms with van der Waals surface area (Å²) in [7, 11) is -8.51. The van der Waals surface area contributed by atoms with Crippen LogP contribution in [-0.2, 0) is 20.0 Å². The smallest absolute Gasteiger partial charge is 0.210 e. The van der Waals surface area contributed by atoms with Crippen LogP contribution < -0.4 is 0 Å². The van der Waals surface area contributed by atoms with Crippen LogP contribution in [0.2, 0.25) is 0 Å². The maximum atomic E-state index is 14.9. The fourth-order valence-electron chi connectivity index (χ4n) is 7.08. The molecular formula is C41H74N6O4S2. The molecule has 12 heteroatoms. The number of hydrogen-bond acceptors (Lipinski definition) is 8.